The minimum atomic E-state index is 0.817. The van der Waals surface area contributed by atoms with Gasteiger partial charge in [-0.05, 0) is 85.1 Å². The molecule has 0 atom stereocenters. The molecule has 0 saturated heterocycles. The lowest BCUT2D eigenvalue weighted by Crippen LogP contribution is -2.15. The summed E-state index contributed by atoms with van der Waals surface area (Å²) in [7, 11) is 0. The molecule has 2 heteroatoms. The summed E-state index contributed by atoms with van der Waals surface area (Å²) in [4.78, 5) is 1.64. The molecule has 0 amide bonds. The molecule has 2 aromatic rings. The van der Waals surface area contributed by atoms with Crippen LogP contribution in [0.4, 0.5) is 0 Å². The summed E-state index contributed by atoms with van der Waals surface area (Å²) in [6, 6.07) is 5.87. The average Bonchev–Trinajstić information content (AvgIpc) is 3.37. The standard InChI is InChI=1S/C18H21NS/c1-2-12-8-15-16(9-13(12)3-1)20-17(10-19-14-6-7-14)18(15)11-4-5-11/h8-9,11,14,19H,1-7,10H2. The summed E-state index contributed by atoms with van der Waals surface area (Å²) in [5.41, 5.74) is 4.98. The molecule has 0 radical (unpaired) electrons. The smallest absolute Gasteiger partial charge is 0.0352 e. The molecule has 2 saturated carbocycles. The fourth-order valence-electron chi connectivity index (χ4n) is 3.71. The second kappa shape index (κ2) is 4.32. The summed E-state index contributed by atoms with van der Waals surface area (Å²) >= 11 is 2.07. The van der Waals surface area contributed by atoms with E-state index in [-0.39, 0.29) is 0 Å². The van der Waals surface area contributed by atoms with Crippen molar-refractivity contribution in [2.75, 3.05) is 0 Å². The molecule has 0 spiro atoms. The monoisotopic (exact) mass is 283 g/mol. The molecule has 1 nitrogen and oxygen atoms in total. The predicted octanol–water partition coefficient (Wildman–Crippen LogP) is 4.52. The molecule has 0 bridgehead atoms. The minimum absolute atomic E-state index is 0.817. The van der Waals surface area contributed by atoms with Crippen molar-refractivity contribution in [2.45, 2.75) is 63.5 Å². The molecule has 3 aliphatic rings. The summed E-state index contributed by atoms with van der Waals surface area (Å²) in [6.07, 6.45) is 9.58. The van der Waals surface area contributed by atoms with E-state index in [9.17, 15) is 0 Å². The van der Waals surface area contributed by atoms with Gasteiger partial charge in [-0.1, -0.05) is 0 Å². The third-order valence-electron chi connectivity index (χ3n) is 5.13. The second-order valence-electron chi connectivity index (χ2n) is 6.84. The van der Waals surface area contributed by atoms with Gasteiger partial charge < -0.3 is 5.32 Å². The van der Waals surface area contributed by atoms with Crippen molar-refractivity contribution in [2.24, 2.45) is 0 Å². The van der Waals surface area contributed by atoms with Crippen LogP contribution >= 0.6 is 11.3 Å². The Hall–Kier alpha value is -0.860. The van der Waals surface area contributed by atoms with Crippen LogP contribution in [0.5, 0.6) is 0 Å². The zero-order chi connectivity index (χ0) is 13.1. The van der Waals surface area contributed by atoms with Gasteiger partial charge in [-0.2, -0.15) is 0 Å². The number of fused-ring (bicyclic) bond motifs is 2. The Bertz CT molecular complexity index is 676. The van der Waals surface area contributed by atoms with E-state index in [0.717, 1.165) is 18.5 Å². The maximum atomic E-state index is 3.72. The lowest BCUT2D eigenvalue weighted by molar-refractivity contribution is 0.691. The first-order chi connectivity index (χ1) is 9.88. The summed E-state index contributed by atoms with van der Waals surface area (Å²) in [6.45, 7) is 1.11. The van der Waals surface area contributed by atoms with Gasteiger partial charge in [-0.3, -0.25) is 0 Å². The van der Waals surface area contributed by atoms with E-state index in [4.69, 9.17) is 0 Å². The Labute approximate surface area is 124 Å². The number of thiophene rings is 1. The first-order valence-corrected chi connectivity index (χ1v) is 9.00. The highest BCUT2D eigenvalue weighted by Crippen LogP contribution is 2.49. The molecule has 104 valence electrons. The van der Waals surface area contributed by atoms with Crippen LogP contribution in [0.1, 0.15) is 59.6 Å². The van der Waals surface area contributed by atoms with E-state index >= 15 is 0 Å². The van der Waals surface area contributed by atoms with Crippen LogP contribution in [0.2, 0.25) is 0 Å². The average molecular weight is 283 g/mol. The first-order valence-electron chi connectivity index (χ1n) is 8.19. The lowest BCUT2D eigenvalue weighted by atomic mass is 10.0. The number of nitrogens with one attached hydrogen (secondary N) is 1. The highest BCUT2D eigenvalue weighted by Gasteiger charge is 2.31. The second-order valence-corrected chi connectivity index (χ2v) is 7.98. The van der Waals surface area contributed by atoms with Crippen LogP contribution in [0.15, 0.2) is 12.1 Å². The molecule has 5 rings (SSSR count). The minimum Gasteiger partial charge on any atom is -0.309 e. The molecule has 2 fully saturated rings. The van der Waals surface area contributed by atoms with Gasteiger partial charge in [0.25, 0.3) is 0 Å². The molecule has 1 N–H and O–H groups in total. The third kappa shape index (κ3) is 1.93. The van der Waals surface area contributed by atoms with Crippen molar-refractivity contribution in [3.05, 3.63) is 33.7 Å². The van der Waals surface area contributed by atoms with Crippen LogP contribution in [-0.2, 0) is 19.4 Å². The Morgan fingerprint density at radius 1 is 1.05 bits per heavy atom. The Kier molecular flexibility index (Phi) is 2.54. The molecular weight excluding hydrogens is 262 g/mol. The van der Waals surface area contributed by atoms with Crippen LogP contribution in [0.3, 0.4) is 0 Å². The van der Waals surface area contributed by atoms with Crippen molar-refractivity contribution in [1.29, 1.82) is 0 Å². The zero-order valence-corrected chi connectivity index (χ0v) is 12.7. The topological polar surface area (TPSA) is 12.0 Å². The Balaban J connectivity index is 1.61. The van der Waals surface area contributed by atoms with Gasteiger partial charge in [0.15, 0.2) is 0 Å². The molecule has 3 aliphatic carbocycles. The maximum Gasteiger partial charge on any atom is 0.0352 e. The Morgan fingerprint density at radius 3 is 2.60 bits per heavy atom. The van der Waals surface area contributed by atoms with E-state index in [2.05, 4.69) is 28.8 Å². The van der Waals surface area contributed by atoms with Crippen LogP contribution < -0.4 is 5.32 Å². The highest BCUT2D eigenvalue weighted by atomic mass is 32.1. The fraction of sp³-hybridized carbons (Fsp3) is 0.556. The molecule has 20 heavy (non-hydrogen) atoms. The van der Waals surface area contributed by atoms with Gasteiger partial charge in [0.05, 0.1) is 0 Å². The summed E-state index contributed by atoms with van der Waals surface area (Å²) in [5.74, 6) is 0.874. The molecule has 1 aromatic heterocycles. The number of hydrogen-bond acceptors (Lipinski definition) is 2. The SMILES string of the molecule is c1c2c(cc3c(C4CC4)c(CNC4CC4)sc13)CCC2. The van der Waals surface area contributed by atoms with Crippen LogP contribution in [0.25, 0.3) is 10.1 Å². The van der Waals surface area contributed by atoms with Gasteiger partial charge >= 0.3 is 0 Å². The van der Waals surface area contributed by atoms with E-state index in [0.29, 0.717) is 0 Å². The number of benzene rings is 1. The predicted molar refractivity (Wildman–Crippen MR) is 85.7 cm³/mol. The van der Waals surface area contributed by atoms with E-state index < -0.39 is 0 Å². The summed E-state index contributed by atoms with van der Waals surface area (Å²) in [5, 5.41) is 5.33. The largest absolute Gasteiger partial charge is 0.309 e. The van der Waals surface area contributed by atoms with Crippen molar-refractivity contribution in [3.63, 3.8) is 0 Å². The number of aryl methyl sites for hydroxylation is 2. The van der Waals surface area contributed by atoms with Gasteiger partial charge in [-0.25, -0.2) is 0 Å². The van der Waals surface area contributed by atoms with Crippen molar-refractivity contribution < 1.29 is 0 Å². The van der Waals surface area contributed by atoms with Crippen molar-refractivity contribution in [1.82, 2.24) is 5.32 Å². The molecule has 1 heterocycles. The molecular formula is C18H21NS. The number of hydrogen-bond donors (Lipinski definition) is 1. The van der Waals surface area contributed by atoms with Crippen molar-refractivity contribution in [3.8, 4) is 0 Å². The lowest BCUT2D eigenvalue weighted by Gasteiger charge is -2.05. The quantitative estimate of drug-likeness (QED) is 0.870. The van der Waals surface area contributed by atoms with Gasteiger partial charge in [0.2, 0.25) is 0 Å². The van der Waals surface area contributed by atoms with Gasteiger partial charge in [0.1, 0.15) is 0 Å². The molecule has 0 unspecified atom stereocenters. The van der Waals surface area contributed by atoms with Crippen molar-refractivity contribution >= 4 is 21.4 Å². The highest BCUT2D eigenvalue weighted by molar-refractivity contribution is 7.19. The van der Waals surface area contributed by atoms with Gasteiger partial charge in [0, 0.05) is 22.2 Å². The zero-order valence-electron chi connectivity index (χ0n) is 11.9. The Morgan fingerprint density at radius 2 is 1.85 bits per heavy atom. The summed E-state index contributed by atoms with van der Waals surface area (Å²) < 4.78 is 1.56. The number of rotatable bonds is 4. The normalized spacial score (nSPS) is 21.6. The van der Waals surface area contributed by atoms with E-state index in [1.165, 1.54) is 44.9 Å². The van der Waals surface area contributed by atoms with E-state index in [1.54, 1.807) is 31.7 Å². The third-order valence-corrected chi connectivity index (χ3v) is 6.30. The van der Waals surface area contributed by atoms with Crippen LogP contribution in [0, 0.1) is 0 Å². The molecule has 0 aliphatic heterocycles. The van der Waals surface area contributed by atoms with Gasteiger partial charge in [-0.15, -0.1) is 11.3 Å². The van der Waals surface area contributed by atoms with Crippen LogP contribution in [-0.4, -0.2) is 6.04 Å². The van der Waals surface area contributed by atoms with E-state index in [1.807, 2.05) is 0 Å². The maximum absolute atomic E-state index is 3.72. The first kappa shape index (κ1) is 11.8. The fourth-order valence-corrected chi connectivity index (χ4v) is 5.00. The molecule has 1 aromatic carbocycles.